The summed E-state index contributed by atoms with van der Waals surface area (Å²) in [6, 6.07) is 3.72. The zero-order valence-electron chi connectivity index (χ0n) is 15.0. The molecule has 1 aromatic rings. The van der Waals surface area contributed by atoms with Crippen LogP contribution in [-0.2, 0) is 16.4 Å². The SMILES string of the molecule is CCCCOc1ncccc1CN=C(NCC)NC1CCS(=O)(=O)C1. The second kappa shape index (κ2) is 9.60. The number of nitrogens with zero attached hydrogens (tertiary/aromatic N) is 2. The molecule has 0 aromatic carbocycles. The van der Waals surface area contributed by atoms with Crippen LogP contribution in [0.5, 0.6) is 5.88 Å². The monoisotopic (exact) mass is 368 g/mol. The molecule has 0 spiro atoms. The third-order valence-corrected chi connectivity index (χ3v) is 5.68. The number of guanidine groups is 1. The average Bonchev–Trinajstić information content (AvgIpc) is 2.93. The van der Waals surface area contributed by atoms with Crippen LogP contribution in [0, 0.1) is 0 Å². The van der Waals surface area contributed by atoms with E-state index in [9.17, 15) is 8.42 Å². The lowest BCUT2D eigenvalue weighted by Crippen LogP contribution is -2.44. The van der Waals surface area contributed by atoms with Gasteiger partial charge in [-0.3, -0.25) is 0 Å². The van der Waals surface area contributed by atoms with Crippen molar-refractivity contribution in [3.05, 3.63) is 23.9 Å². The largest absolute Gasteiger partial charge is 0.477 e. The molecule has 2 heterocycles. The van der Waals surface area contributed by atoms with Crippen molar-refractivity contribution in [1.82, 2.24) is 15.6 Å². The predicted octanol–water partition coefficient (Wildman–Crippen LogP) is 1.50. The van der Waals surface area contributed by atoms with Gasteiger partial charge in [-0.1, -0.05) is 19.4 Å². The number of rotatable bonds is 8. The van der Waals surface area contributed by atoms with E-state index in [0.717, 1.165) is 18.4 Å². The van der Waals surface area contributed by atoms with Crippen LogP contribution in [0.2, 0.25) is 0 Å². The molecule has 0 aliphatic carbocycles. The van der Waals surface area contributed by atoms with E-state index in [4.69, 9.17) is 4.74 Å². The summed E-state index contributed by atoms with van der Waals surface area (Å²) in [6.45, 7) is 5.86. The Hall–Kier alpha value is -1.83. The minimum atomic E-state index is -2.92. The van der Waals surface area contributed by atoms with Crippen LogP contribution < -0.4 is 15.4 Å². The third-order valence-electron chi connectivity index (χ3n) is 3.91. The van der Waals surface area contributed by atoms with Crippen LogP contribution >= 0.6 is 0 Å². The van der Waals surface area contributed by atoms with Gasteiger partial charge >= 0.3 is 0 Å². The molecule has 2 rings (SSSR count). The molecule has 1 aliphatic heterocycles. The van der Waals surface area contributed by atoms with E-state index in [-0.39, 0.29) is 17.5 Å². The van der Waals surface area contributed by atoms with Gasteiger partial charge < -0.3 is 15.4 Å². The average molecular weight is 369 g/mol. The molecule has 25 heavy (non-hydrogen) atoms. The fraction of sp³-hybridized carbons (Fsp3) is 0.647. The quantitative estimate of drug-likeness (QED) is 0.410. The van der Waals surface area contributed by atoms with Crippen LogP contribution in [0.15, 0.2) is 23.3 Å². The number of hydrogen-bond donors (Lipinski definition) is 2. The molecule has 1 unspecified atom stereocenters. The molecular weight excluding hydrogens is 340 g/mol. The first-order valence-electron chi connectivity index (χ1n) is 8.86. The summed E-state index contributed by atoms with van der Waals surface area (Å²) in [5.74, 6) is 1.63. The van der Waals surface area contributed by atoms with E-state index >= 15 is 0 Å². The van der Waals surface area contributed by atoms with Crippen molar-refractivity contribution in [2.24, 2.45) is 4.99 Å². The van der Waals surface area contributed by atoms with Gasteiger partial charge in [0.2, 0.25) is 5.88 Å². The Morgan fingerprint density at radius 2 is 2.28 bits per heavy atom. The van der Waals surface area contributed by atoms with Crippen LogP contribution in [0.4, 0.5) is 0 Å². The minimum Gasteiger partial charge on any atom is -0.477 e. The molecule has 1 saturated heterocycles. The maximum atomic E-state index is 11.6. The first-order valence-corrected chi connectivity index (χ1v) is 10.7. The zero-order valence-corrected chi connectivity index (χ0v) is 15.8. The molecule has 0 radical (unpaired) electrons. The topological polar surface area (TPSA) is 92.7 Å². The van der Waals surface area contributed by atoms with E-state index in [1.165, 1.54) is 0 Å². The Labute approximate surface area is 150 Å². The minimum absolute atomic E-state index is 0.0861. The maximum Gasteiger partial charge on any atom is 0.218 e. The summed E-state index contributed by atoms with van der Waals surface area (Å²) >= 11 is 0. The Morgan fingerprint density at radius 3 is 2.96 bits per heavy atom. The third kappa shape index (κ3) is 6.53. The Balaban J connectivity index is 2.01. The predicted molar refractivity (Wildman–Crippen MR) is 99.7 cm³/mol. The molecule has 8 heteroatoms. The van der Waals surface area contributed by atoms with Crippen molar-refractivity contribution in [1.29, 1.82) is 0 Å². The smallest absolute Gasteiger partial charge is 0.218 e. The molecule has 7 nitrogen and oxygen atoms in total. The fourth-order valence-electron chi connectivity index (χ4n) is 2.57. The highest BCUT2D eigenvalue weighted by atomic mass is 32.2. The molecule has 0 amide bonds. The second-order valence-electron chi connectivity index (χ2n) is 6.11. The van der Waals surface area contributed by atoms with Crippen molar-refractivity contribution in [2.45, 2.75) is 45.7 Å². The summed E-state index contributed by atoms with van der Waals surface area (Å²) in [6.07, 6.45) is 4.38. The number of nitrogens with one attached hydrogen (secondary N) is 2. The standard InChI is InChI=1S/C17H28N4O3S/c1-3-5-10-24-16-14(7-6-9-19-16)12-20-17(18-4-2)21-15-8-11-25(22,23)13-15/h6-7,9,15H,3-5,8,10-13H2,1-2H3,(H2,18,20,21). The van der Waals surface area contributed by atoms with E-state index < -0.39 is 9.84 Å². The number of hydrogen-bond acceptors (Lipinski definition) is 5. The van der Waals surface area contributed by atoms with Gasteiger partial charge in [0.05, 0.1) is 24.7 Å². The summed E-state index contributed by atoms with van der Waals surface area (Å²) in [5.41, 5.74) is 0.912. The van der Waals surface area contributed by atoms with E-state index in [2.05, 4.69) is 27.5 Å². The first kappa shape index (κ1) is 19.5. The Bertz CT molecular complexity index is 676. The summed E-state index contributed by atoms with van der Waals surface area (Å²) < 4.78 is 28.9. The highest BCUT2D eigenvalue weighted by molar-refractivity contribution is 7.91. The Kier molecular flexibility index (Phi) is 7.49. The number of unbranched alkanes of at least 4 members (excludes halogenated alkanes) is 1. The number of pyridine rings is 1. The van der Waals surface area contributed by atoms with Crippen LogP contribution in [0.1, 0.15) is 38.7 Å². The Morgan fingerprint density at radius 1 is 1.44 bits per heavy atom. The summed E-state index contributed by atoms with van der Waals surface area (Å²) in [4.78, 5) is 8.85. The number of ether oxygens (including phenoxy) is 1. The lowest BCUT2D eigenvalue weighted by Gasteiger charge is -2.16. The lowest BCUT2D eigenvalue weighted by molar-refractivity contribution is 0.294. The van der Waals surface area contributed by atoms with Gasteiger partial charge in [-0.05, 0) is 25.8 Å². The zero-order chi connectivity index (χ0) is 18.1. The van der Waals surface area contributed by atoms with Gasteiger partial charge in [-0.2, -0.15) is 0 Å². The van der Waals surface area contributed by atoms with Crippen molar-refractivity contribution in [2.75, 3.05) is 24.7 Å². The van der Waals surface area contributed by atoms with Crippen LogP contribution in [0.25, 0.3) is 0 Å². The van der Waals surface area contributed by atoms with E-state index in [1.807, 2.05) is 19.1 Å². The van der Waals surface area contributed by atoms with Gasteiger partial charge in [0.25, 0.3) is 0 Å². The summed E-state index contributed by atoms with van der Waals surface area (Å²) in [7, 11) is -2.92. The summed E-state index contributed by atoms with van der Waals surface area (Å²) in [5, 5.41) is 6.37. The first-order chi connectivity index (χ1) is 12.0. The highest BCUT2D eigenvalue weighted by Crippen LogP contribution is 2.16. The molecule has 1 aliphatic rings. The van der Waals surface area contributed by atoms with Gasteiger partial charge in [0, 0.05) is 24.3 Å². The molecule has 1 fully saturated rings. The molecule has 0 bridgehead atoms. The van der Waals surface area contributed by atoms with Gasteiger partial charge in [-0.25, -0.2) is 18.4 Å². The molecule has 2 N–H and O–H groups in total. The van der Waals surface area contributed by atoms with Gasteiger partial charge in [0.15, 0.2) is 15.8 Å². The molecular formula is C17H28N4O3S. The fourth-order valence-corrected chi connectivity index (χ4v) is 4.25. The van der Waals surface area contributed by atoms with Gasteiger partial charge in [-0.15, -0.1) is 0 Å². The van der Waals surface area contributed by atoms with Crippen molar-refractivity contribution in [3.8, 4) is 5.88 Å². The number of aliphatic imine (C=N–C) groups is 1. The van der Waals surface area contributed by atoms with Crippen LogP contribution in [-0.4, -0.2) is 50.1 Å². The number of aromatic nitrogens is 1. The van der Waals surface area contributed by atoms with Crippen molar-refractivity contribution >= 4 is 15.8 Å². The maximum absolute atomic E-state index is 11.6. The van der Waals surface area contributed by atoms with Crippen molar-refractivity contribution in [3.63, 3.8) is 0 Å². The molecule has 1 atom stereocenters. The van der Waals surface area contributed by atoms with Gasteiger partial charge in [0.1, 0.15) is 0 Å². The molecule has 1 aromatic heterocycles. The van der Waals surface area contributed by atoms with Crippen molar-refractivity contribution < 1.29 is 13.2 Å². The molecule has 0 saturated carbocycles. The number of sulfone groups is 1. The van der Waals surface area contributed by atoms with E-state index in [1.54, 1.807) is 6.20 Å². The van der Waals surface area contributed by atoms with E-state index in [0.29, 0.717) is 38.0 Å². The van der Waals surface area contributed by atoms with Crippen LogP contribution in [0.3, 0.4) is 0 Å². The lowest BCUT2D eigenvalue weighted by atomic mass is 10.2. The normalized spacial score (nSPS) is 19.6. The molecule has 140 valence electrons. The highest BCUT2D eigenvalue weighted by Gasteiger charge is 2.28. The second-order valence-corrected chi connectivity index (χ2v) is 8.34.